The Balaban J connectivity index is 1.74. The molecule has 5 aliphatic rings. The second-order valence-corrected chi connectivity index (χ2v) is 9.07. The first-order valence-corrected chi connectivity index (χ1v) is 10.4. The molecule has 0 aromatic heterocycles. The van der Waals surface area contributed by atoms with Gasteiger partial charge in [0.15, 0.2) is 0 Å². The number of methoxy groups -OCH3 is 2. The zero-order valence-electron chi connectivity index (χ0n) is 17.1. The number of rotatable bonds is 3. The number of hydrogen-bond donors (Lipinski definition) is 2. The van der Waals surface area contributed by atoms with Crippen LogP contribution in [0.5, 0.6) is 5.75 Å². The van der Waals surface area contributed by atoms with E-state index in [4.69, 9.17) is 14.5 Å². The second kappa shape index (κ2) is 6.27. The number of aliphatic imine (C=N–C) groups is 1. The Morgan fingerprint density at radius 3 is 2.86 bits per heavy atom. The summed E-state index contributed by atoms with van der Waals surface area (Å²) in [5.41, 5.74) is -0.554. The maximum absolute atomic E-state index is 13.4. The normalized spacial score (nSPS) is 40.4. The fourth-order valence-corrected chi connectivity index (χ4v) is 6.55. The molecule has 0 radical (unpaired) electrons. The van der Waals surface area contributed by atoms with Crippen molar-refractivity contribution in [2.24, 2.45) is 22.2 Å². The van der Waals surface area contributed by atoms with Crippen LogP contribution in [-0.2, 0) is 15.1 Å². The van der Waals surface area contributed by atoms with Crippen LogP contribution in [0.4, 0.5) is 5.69 Å². The summed E-state index contributed by atoms with van der Waals surface area (Å²) in [7, 11) is 2.99. The van der Waals surface area contributed by atoms with Gasteiger partial charge in [-0.2, -0.15) is 0 Å². The Bertz CT molecular complexity index is 899. The minimum atomic E-state index is -1.35. The lowest BCUT2D eigenvalue weighted by Gasteiger charge is -2.58. The molecule has 1 unspecified atom stereocenters. The van der Waals surface area contributed by atoms with Gasteiger partial charge < -0.3 is 19.7 Å². The van der Waals surface area contributed by atoms with E-state index in [9.17, 15) is 15.0 Å². The maximum Gasteiger partial charge on any atom is 0.319 e. The van der Waals surface area contributed by atoms with Crippen molar-refractivity contribution in [1.82, 2.24) is 4.90 Å². The molecule has 7 nitrogen and oxygen atoms in total. The average molecular weight is 400 g/mol. The fourth-order valence-electron chi connectivity index (χ4n) is 6.55. The Kier molecular flexibility index (Phi) is 4.11. The van der Waals surface area contributed by atoms with Crippen molar-refractivity contribution in [3.63, 3.8) is 0 Å². The topological polar surface area (TPSA) is 91.6 Å². The van der Waals surface area contributed by atoms with Crippen molar-refractivity contribution in [3.05, 3.63) is 23.8 Å². The van der Waals surface area contributed by atoms with E-state index >= 15 is 0 Å². The molecule has 7 atom stereocenters. The zero-order chi connectivity index (χ0) is 20.6. The molecule has 2 N–H and O–H groups in total. The Labute approximate surface area is 170 Å². The largest absolute Gasteiger partial charge is 0.497 e. The van der Waals surface area contributed by atoms with Gasteiger partial charge in [-0.05, 0) is 50.3 Å². The van der Waals surface area contributed by atoms with Crippen LogP contribution < -0.4 is 4.74 Å². The van der Waals surface area contributed by atoms with Crippen LogP contribution in [0.2, 0.25) is 0 Å². The quantitative estimate of drug-likeness (QED) is 0.750. The van der Waals surface area contributed by atoms with Crippen molar-refractivity contribution in [1.29, 1.82) is 0 Å². The molecule has 0 spiro atoms. The number of carbonyl (C=O) groups is 1. The number of benzene rings is 1. The molecule has 1 saturated carbocycles. The van der Waals surface area contributed by atoms with Gasteiger partial charge in [-0.25, -0.2) is 0 Å². The highest BCUT2D eigenvalue weighted by atomic mass is 16.5. The number of hydrogen-bond acceptors (Lipinski definition) is 7. The molecule has 6 rings (SSSR count). The Morgan fingerprint density at radius 2 is 2.17 bits per heavy atom. The SMILES string of the molecule is COC(=O)[C@@]12C[C@@H]3C[C@H]([C@@H](C)O)[C@@H]1N(CC[C@]1(O)C2=Nc2ccc(OC)cc21)C3. The van der Waals surface area contributed by atoms with Crippen LogP contribution in [0.3, 0.4) is 0 Å². The standard InChI is InChI=1S/C22H28N2O5/c1-12(25)15-8-13-10-21(20(26)29-3)18(15)24(11-13)7-6-22(27)16-9-14(28-2)4-5-17(16)23-19(21)22/h4-5,9,12-13,15,18,25,27H,6-8,10-11H2,1-3H3/t12-,13+,15-,18+,21+,22-/m1/s1. The average Bonchev–Trinajstić information content (AvgIpc) is 3.00. The van der Waals surface area contributed by atoms with E-state index in [0.29, 0.717) is 42.1 Å². The molecule has 4 aliphatic heterocycles. The molecule has 4 bridgehead atoms. The van der Waals surface area contributed by atoms with Crippen LogP contribution in [0.15, 0.2) is 23.2 Å². The summed E-state index contributed by atoms with van der Waals surface area (Å²) in [6, 6.07) is 5.25. The van der Waals surface area contributed by atoms with E-state index in [2.05, 4.69) is 4.90 Å². The third-order valence-corrected chi connectivity index (χ3v) is 7.64. The number of piperidine rings is 2. The number of ether oxygens (including phenoxy) is 2. The number of carbonyl (C=O) groups excluding carboxylic acids is 1. The molecule has 7 heteroatoms. The van der Waals surface area contributed by atoms with Gasteiger partial charge in [0.1, 0.15) is 16.8 Å². The van der Waals surface area contributed by atoms with E-state index in [-0.39, 0.29) is 23.8 Å². The van der Waals surface area contributed by atoms with Crippen LogP contribution >= 0.6 is 0 Å². The van der Waals surface area contributed by atoms with E-state index in [1.165, 1.54) is 7.11 Å². The maximum atomic E-state index is 13.4. The van der Waals surface area contributed by atoms with Gasteiger partial charge in [0.25, 0.3) is 0 Å². The highest BCUT2D eigenvalue weighted by Gasteiger charge is 2.69. The lowest BCUT2D eigenvalue weighted by Crippen LogP contribution is -2.69. The molecular weight excluding hydrogens is 372 g/mol. The van der Waals surface area contributed by atoms with Gasteiger partial charge in [-0.1, -0.05) is 0 Å². The summed E-state index contributed by atoms with van der Waals surface area (Å²) in [5, 5.41) is 22.6. The first-order chi connectivity index (χ1) is 13.8. The van der Waals surface area contributed by atoms with Gasteiger partial charge in [-0.15, -0.1) is 0 Å². The lowest BCUT2D eigenvalue weighted by atomic mass is 9.54. The van der Waals surface area contributed by atoms with Crippen molar-refractivity contribution in [2.75, 3.05) is 27.3 Å². The van der Waals surface area contributed by atoms with Crippen molar-refractivity contribution >= 4 is 17.4 Å². The molecule has 1 aliphatic carbocycles. The number of esters is 1. The Hall–Kier alpha value is -1.96. The molecule has 0 amide bonds. The monoisotopic (exact) mass is 400 g/mol. The fraction of sp³-hybridized carbons (Fsp3) is 0.636. The number of nitrogens with zero attached hydrogens (tertiary/aromatic N) is 2. The molecule has 156 valence electrons. The second-order valence-electron chi connectivity index (χ2n) is 9.07. The van der Waals surface area contributed by atoms with Crippen molar-refractivity contribution < 1.29 is 24.5 Å². The molecule has 4 fully saturated rings. The zero-order valence-corrected chi connectivity index (χ0v) is 17.1. The van der Waals surface area contributed by atoms with Gasteiger partial charge in [0.05, 0.1) is 31.7 Å². The van der Waals surface area contributed by atoms with Crippen LogP contribution in [-0.4, -0.2) is 66.2 Å². The van der Waals surface area contributed by atoms with E-state index in [1.54, 1.807) is 14.0 Å². The first-order valence-electron chi connectivity index (χ1n) is 10.4. The highest BCUT2D eigenvalue weighted by Crippen LogP contribution is 2.60. The molecule has 1 aromatic carbocycles. The van der Waals surface area contributed by atoms with Crippen molar-refractivity contribution in [2.45, 2.75) is 43.9 Å². The summed E-state index contributed by atoms with van der Waals surface area (Å²) in [4.78, 5) is 20.6. The lowest BCUT2D eigenvalue weighted by molar-refractivity contribution is -0.168. The number of aliphatic hydroxyl groups is 2. The first kappa shape index (κ1) is 19.0. The van der Waals surface area contributed by atoms with Crippen LogP contribution in [0, 0.1) is 17.3 Å². The van der Waals surface area contributed by atoms with Crippen LogP contribution in [0.1, 0.15) is 31.7 Å². The third-order valence-electron chi connectivity index (χ3n) is 7.64. The highest BCUT2D eigenvalue weighted by molar-refractivity contribution is 6.15. The van der Waals surface area contributed by atoms with Crippen molar-refractivity contribution in [3.8, 4) is 5.75 Å². The summed E-state index contributed by atoms with van der Waals surface area (Å²) >= 11 is 0. The van der Waals surface area contributed by atoms with Gasteiger partial charge in [0, 0.05) is 30.6 Å². The van der Waals surface area contributed by atoms with Gasteiger partial charge >= 0.3 is 5.97 Å². The van der Waals surface area contributed by atoms with Gasteiger partial charge in [-0.3, -0.25) is 14.7 Å². The smallest absolute Gasteiger partial charge is 0.319 e. The number of aliphatic hydroxyl groups excluding tert-OH is 1. The van der Waals surface area contributed by atoms with Gasteiger partial charge in [0.2, 0.25) is 0 Å². The molecule has 29 heavy (non-hydrogen) atoms. The third kappa shape index (κ3) is 2.35. The molecule has 1 aromatic rings. The number of fused-ring (bicyclic) bond motifs is 4. The summed E-state index contributed by atoms with van der Waals surface area (Å²) < 4.78 is 10.7. The Morgan fingerprint density at radius 1 is 1.38 bits per heavy atom. The molecule has 4 heterocycles. The van der Waals surface area contributed by atoms with E-state index in [0.717, 1.165) is 13.0 Å². The van der Waals surface area contributed by atoms with E-state index in [1.807, 2.05) is 18.2 Å². The minimum Gasteiger partial charge on any atom is -0.497 e. The van der Waals surface area contributed by atoms with Crippen LogP contribution in [0.25, 0.3) is 0 Å². The minimum absolute atomic E-state index is 0.0649. The van der Waals surface area contributed by atoms with E-state index < -0.39 is 17.1 Å². The predicted molar refractivity (Wildman–Crippen MR) is 106 cm³/mol. The predicted octanol–water partition coefficient (Wildman–Crippen LogP) is 1.62. The summed E-state index contributed by atoms with van der Waals surface area (Å²) in [6.07, 6.45) is 1.37. The summed E-state index contributed by atoms with van der Waals surface area (Å²) in [5.74, 6) is 0.477. The molecule has 3 saturated heterocycles. The summed E-state index contributed by atoms with van der Waals surface area (Å²) in [6.45, 7) is 3.31. The molecular formula is C22H28N2O5.